The number of likely N-dealkylation sites (N-methyl/N-ethyl adjacent to an activating group) is 1. The van der Waals surface area contributed by atoms with Crippen LogP contribution in [0.25, 0.3) is 10.6 Å². The van der Waals surface area contributed by atoms with Crippen LogP contribution < -0.4 is 5.32 Å². The van der Waals surface area contributed by atoms with Gasteiger partial charge >= 0.3 is 6.18 Å². The van der Waals surface area contributed by atoms with Gasteiger partial charge in [0.15, 0.2) is 5.13 Å². The molecule has 0 aliphatic carbocycles. The molecule has 1 aromatic carbocycles. The second kappa shape index (κ2) is 7.85. The summed E-state index contributed by atoms with van der Waals surface area (Å²) in [6.07, 6.45) is -3.41. The van der Waals surface area contributed by atoms with E-state index in [1.807, 2.05) is 0 Å². The molecule has 4 rings (SSSR count). The Balaban J connectivity index is 1.39. The number of carbonyl (C=O) groups excluding carboxylic acids is 1. The van der Waals surface area contributed by atoms with Gasteiger partial charge in [-0.25, -0.2) is 9.97 Å². The van der Waals surface area contributed by atoms with E-state index in [1.54, 1.807) is 5.38 Å². The minimum Gasteiger partial charge on any atom is -0.302 e. The standard InChI is InChI=1S/C19H17F3N4OS2/c1-26-7-6-14-15(9-26)29-18(24-14)25-16(27)8-13-10-28-17(23-13)11-2-4-12(5-3-11)19(20,21)22/h2-5,10H,6-9H2,1H3,(H,24,25,27). The van der Waals surface area contributed by atoms with Crippen molar-refractivity contribution in [2.24, 2.45) is 0 Å². The highest BCUT2D eigenvalue weighted by atomic mass is 32.1. The number of nitrogens with one attached hydrogen (secondary N) is 1. The molecule has 0 bridgehead atoms. The SMILES string of the molecule is CN1CCc2nc(NC(=O)Cc3csc(-c4ccc(C(F)(F)F)cc4)n3)sc2C1. The number of alkyl halides is 3. The molecule has 0 atom stereocenters. The molecule has 29 heavy (non-hydrogen) atoms. The zero-order valence-electron chi connectivity index (χ0n) is 15.4. The zero-order valence-corrected chi connectivity index (χ0v) is 17.0. The number of benzene rings is 1. The number of nitrogens with zero attached hydrogens (tertiary/aromatic N) is 3. The minimum atomic E-state index is -4.37. The highest BCUT2D eigenvalue weighted by Gasteiger charge is 2.30. The first-order valence-electron chi connectivity index (χ1n) is 8.87. The lowest BCUT2D eigenvalue weighted by Gasteiger charge is -2.20. The quantitative estimate of drug-likeness (QED) is 0.654. The summed E-state index contributed by atoms with van der Waals surface area (Å²) in [6.45, 7) is 1.79. The Hall–Kier alpha value is -2.30. The lowest BCUT2D eigenvalue weighted by Crippen LogP contribution is -2.25. The van der Waals surface area contributed by atoms with Crippen LogP contribution in [0.15, 0.2) is 29.6 Å². The summed E-state index contributed by atoms with van der Waals surface area (Å²) in [6, 6.07) is 4.85. The number of rotatable bonds is 4. The van der Waals surface area contributed by atoms with Crippen LogP contribution in [-0.2, 0) is 30.4 Å². The average molecular weight is 439 g/mol. The highest BCUT2D eigenvalue weighted by molar-refractivity contribution is 7.15. The first-order chi connectivity index (χ1) is 13.8. The van der Waals surface area contributed by atoms with Gasteiger partial charge in [0.1, 0.15) is 5.01 Å². The van der Waals surface area contributed by atoms with Crippen LogP contribution in [0.2, 0.25) is 0 Å². The van der Waals surface area contributed by atoms with Crippen molar-refractivity contribution in [3.63, 3.8) is 0 Å². The largest absolute Gasteiger partial charge is 0.416 e. The zero-order chi connectivity index (χ0) is 20.6. The van der Waals surface area contributed by atoms with Crippen molar-refractivity contribution in [2.45, 2.75) is 25.6 Å². The fourth-order valence-corrected chi connectivity index (χ4v) is 4.96. The maximum atomic E-state index is 12.7. The molecule has 5 nitrogen and oxygen atoms in total. The van der Waals surface area contributed by atoms with Gasteiger partial charge in [-0.05, 0) is 19.2 Å². The van der Waals surface area contributed by atoms with E-state index in [-0.39, 0.29) is 12.3 Å². The van der Waals surface area contributed by atoms with Gasteiger partial charge in [0.2, 0.25) is 5.91 Å². The average Bonchev–Trinajstić information content (AvgIpc) is 3.27. The number of halogens is 3. The van der Waals surface area contributed by atoms with Crippen molar-refractivity contribution in [1.29, 1.82) is 0 Å². The van der Waals surface area contributed by atoms with Gasteiger partial charge < -0.3 is 10.2 Å². The molecule has 152 valence electrons. The van der Waals surface area contributed by atoms with Crippen LogP contribution in [0.3, 0.4) is 0 Å². The molecular weight excluding hydrogens is 421 g/mol. The minimum absolute atomic E-state index is 0.0846. The van der Waals surface area contributed by atoms with Gasteiger partial charge in [-0.15, -0.1) is 22.7 Å². The van der Waals surface area contributed by atoms with E-state index in [1.165, 1.54) is 39.7 Å². The lowest BCUT2D eigenvalue weighted by molar-refractivity contribution is -0.137. The van der Waals surface area contributed by atoms with E-state index in [9.17, 15) is 18.0 Å². The number of carbonyl (C=O) groups is 1. The first-order valence-corrected chi connectivity index (χ1v) is 10.6. The molecule has 0 saturated carbocycles. The van der Waals surface area contributed by atoms with Crippen molar-refractivity contribution < 1.29 is 18.0 Å². The predicted octanol–water partition coefficient (Wildman–Crippen LogP) is 4.45. The maximum Gasteiger partial charge on any atom is 0.416 e. The Morgan fingerprint density at radius 1 is 1.24 bits per heavy atom. The molecule has 0 fully saturated rings. The summed E-state index contributed by atoms with van der Waals surface area (Å²) in [4.78, 5) is 24.6. The summed E-state index contributed by atoms with van der Waals surface area (Å²) in [5, 5.41) is 5.74. The van der Waals surface area contributed by atoms with Gasteiger partial charge in [0, 0.05) is 35.3 Å². The number of hydrogen-bond donors (Lipinski definition) is 1. The summed E-state index contributed by atoms with van der Waals surface area (Å²) in [5.74, 6) is -0.214. The summed E-state index contributed by atoms with van der Waals surface area (Å²) in [5.41, 5.74) is 1.51. The lowest BCUT2D eigenvalue weighted by atomic mass is 10.1. The third-order valence-corrected chi connectivity index (χ3v) is 6.46. The maximum absolute atomic E-state index is 12.7. The Morgan fingerprint density at radius 3 is 2.72 bits per heavy atom. The molecule has 1 aliphatic rings. The summed E-state index contributed by atoms with van der Waals surface area (Å²) >= 11 is 2.78. The number of thiazole rings is 2. The van der Waals surface area contributed by atoms with Crippen LogP contribution in [0.1, 0.15) is 21.8 Å². The molecule has 3 heterocycles. The van der Waals surface area contributed by atoms with Crippen LogP contribution in [0.5, 0.6) is 0 Å². The molecule has 0 saturated heterocycles. The molecule has 2 aromatic heterocycles. The number of hydrogen-bond acceptors (Lipinski definition) is 6. The third-order valence-electron chi connectivity index (χ3n) is 4.52. The van der Waals surface area contributed by atoms with Gasteiger partial charge in [0.25, 0.3) is 0 Å². The second-order valence-corrected chi connectivity index (χ2v) is 8.76. The van der Waals surface area contributed by atoms with Crippen LogP contribution in [0.4, 0.5) is 18.3 Å². The Labute approximate surface area is 173 Å². The monoisotopic (exact) mass is 438 g/mol. The Morgan fingerprint density at radius 2 is 2.00 bits per heavy atom. The van der Waals surface area contributed by atoms with Gasteiger partial charge in [-0.3, -0.25) is 4.79 Å². The van der Waals surface area contributed by atoms with Crippen molar-refractivity contribution in [3.05, 3.63) is 51.5 Å². The molecule has 10 heteroatoms. The Kier molecular flexibility index (Phi) is 5.41. The van der Waals surface area contributed by atoms with E-state index in [0.29, 0.717) is 21.4 Å². The predicted molar refractivity (Wildman–Crippen MR) is 107 cm³/mol. The second-order valence-electron chi connectivity index (χ2n) is 6.82. The molecule has 1 amide bonds. The number of amides is 1. The number of anilines is 1. The van der Waals surface area contributed by atoms with Crippen LogP contribution >= 0.6 is 22.7 Å². The first kappa shape index (κ1) is 20.0. The number of aromatic nitrogens is 2. The van der Waals surface area contributed by atoms with Gasteiger partial charge in [-0.1, -0.05) is 12.1 Å². The molecular formula is C19H17F3N4OS2. The van der Waals surface area contributed by atoms with Crippen LogP contribution in [0, 0.1) is 0 Å². The van der Waals surface area contributed by atoms with E-state index < -0.39 is 11.7 Å². The van der Waals surface area contributed by atoms with E-state index in [2.05, 4.69) is 27.2 Å². The molecule has 3 aromatic rings. The van der Waals surface area contributed by atoms with E-state index >= 15 is 0 Å². The van der Waals surface area contributed by atoms with E-state index in [4.69, 9.17) is 0 Å². The van der Waals surface area contributed by atoms with Crippen LogP contribution in [-0.4, -0.2) is 34.4 Å². The van der Waals surface area contributed by atoms with Crippen molar-refractivity contribution >= 4 is 33.7 Å². The summed E-state index contributed by atoms with van der Waals surface area (Å²) < 4.78 is 38.0. The topological polar surface area (TPSA) is 58.1 Å². The van der Waals surface area contributed by atoms with Crippen molar-refractivity contribution in [1.82, 2.24) is 14.9 Å². The fraction of sp³-hybridized carbons (Fsp3) is 0.316. The van der Waals surface area contributed by atoms with E-state index in [0.717, 1.165) is 37.3 Å². The highest BCUT2D eigenvalue weighted by Crippen LogP contribution is 2.32. The van der Waals surface area contributed by atoms with Gasteiger partial charge in [0.05, 0.1) is 23.4 Å². The van der Waals surface area contributed by atoms with Crippen molar-refractivity contribution in [2.75, 3.05) is 18.9 Å². The Bertz CT molecular complexity index is 1030. The molecule has 1 N–H and O–H groups in total. The number of fused-ring (bicyclic) bond motifs is 1. The fourth-order valence-electron chi connectivity index (χ4n) is 3.03. The summed E-state index contributed by atoms with van der Waals surface area (Å²) in [7, 11) is 2.05. The molecule has 0 unspecified atom stereocenters. The third kappa shape index (κ3) is 4.65. The normalized spacial score (nSPS) is 14.6. The van der Waals surface area contributed by atoms with Crippen molar-refractivity contribution in [3.8, 4) is 10.6 Å². The molecule has 0 radical (unpaired) electrons. The van der Waals surface area contributed by atoms with Gasteiger partial charge in [-0.2, -0.15) is 13.2 Å². The molecule has 1 aliphatic heterocycles. The smallest absolute Gasteiger partial charge is 0.302 e. The molecule has 0 spiro atoms.